The highest BCUT2D eigenvalue weighted by atomic mass is 16.5. The smallest absolute Gasteiger partial charge is 0.189 e. The number of ether oxygens (including phenoxy) is 3. The Kier molecular flexibility index (Phi) is 7.18. The number of hydrogen-bond donors (Lipinski definition) is 2. The Balaban J connectivity index is 1.95. The predicted molar refractivity (Wildman–Crippen MR) is 95.7 cm³/mol. The van der Waals surface area contributed by atoms with E-state index in [4.69, 9.17) is 19.9 Å². The molecule has 134 valence electrons. The molecule has 0 heterocycles. The number of nitrogens with zero attached hydrogens (tertiary/aromatic N) is 1. The first-order chi connectivity index (χ1) is 11.6. The topological polar surface area (TPSA) is 78.1 Å². The van der Waals surface area contributed by atoms with Crippen LogP contribution in [0.3, 0.4) is 0 Å². The Morgan fingerprint density at radius 1 is 1.29 bits per heavy atom. The molecule has 0 bridgehead atoms. The Morgan fingerprint density at radius 3 is 2.71 bits per heavy atom. The van der Waals surface area contributed by atoms with Gasteiger partial charge in [0.25, 0.3) is 0 Å². The van der Waals surface area contributed by atoms with Crippen molar-refractivity contribution in [1.29, 1.82) is 0 Å². The van der Waals surface area contributed by atoms with E-state index in [1.807, 2.05) is 25.1 Å². The predicted octanol–water partition coefficient (Wildman–Crippen LogP) is 2.46. The highest BCUT2D eigenvalue weighted by Gasteiger charge is 2.18. The molecule has 0 radical (unpaired) electrons. The summed E-state index contributed by atoms with van der Waals surface area (Å²) >= 11 is 0. The molecule has 6 nitrogen and oxygen atoms in total. The van der Waals surface area contributed by atoms with Crippen molar-refractivity contribution in [2.24, 2.45) is 10.7 Å². The summed E-state index contributed by atoms with van der Waals surface area (Å²) in [6.07, 6.45) is 5.04. The van der Waals surface area contributed by atoms with Gasteiger partial charge in [-0.15, -0.1) is 0 Å². The van der Waals surface area contributed by atoms with Gasteiger partial charge in [-0.05, 0) is 50.3 Å². The molecular weight excluding hydrogens is 306 g/mol. The molecule has 1 aliphatic carbocycles. The summed E-state index contributed by atoms with van der Waals surface area (Å²) in [5, 5.41) is 3.09. The van der Waals surface area contributed by atoms with E-state index in [1.165, 1.54) is 12.8 Å². The van der Waals surface area contributed by atoms with Gasteiger partial charge in [0.15, 0.2) is 17.5 Å². The Hall–Kier alpha value is -1.95. The van der Waals surface area contributed by atoms with Crippen LogP contribution in [0.5, 0.6) is 11.5 Å². The van der Waals surface area contributed by atoms with Crippen molar-refractivity contribution < 1.29 is 14.2 Å². The maximum atomic E-state index is 6.05. The molecule has 1 fully saturated rings. The first-order valence-electron chi connectivity index (χ1n) is 8.51. The zero-order chi connectivity index (χ0) is 17.4. The van der Waals surface area contributed by atoms with Crippen LogP contribution in [0.15, 0.2) is 23.2 Å². The number of nitrogens with two attached hydrogens (primary N) is 1. The van der Waals surface area contributed by atoms with Crippen molar-refractivity contribution >= 4 is 5.96 Å². The van der Waals surface area contributed by atoms with E-state index in [-0.39, 0.29) is 6.04 Å². The van der Waals surface area contributed by atoms with Crippen molar-refractivity contribution in [2.45, 2.75) is 51.3 Å². The molecule has 6 heteroatoms. The van der Waals surface area contributed by atoms with Gasteiger partial charge in [0.05, 0.1) is 26.4 Å². The van der Waals surface area contributed by atoms with Crippen LogP contribution in [-0.2, 0) is 11.3 Å². The first-order valence-corrected chi connectivity index (χ1v) is 8.51. The molecule has 3 N–H and O–H groups in total. The van der Waals surface area contributed by atoms with Gasteiger partial charge in [-0.3, -0.25) is 0 Å². The van der Waals surface area contributed by atoms with Gasteiger partial charge in [-0.1, -0.05) is 6.07 Å². The number of hydrogen-bond acceptors (Lipinski definition) is 4. The summed E-state index contributed by atoms with van der Waals surface area (Å²) in [5.74, 6) is 1.95. The average Bonchev–Trinajstić information content (AvgIpc) is 3.07. The minimum absolute atomic E-state index is 0.121. The quantitative estimate of drug-likeness (QED) is 0.563. The van der Waals surface area contributed by atoms with Crippen molar-refractivity contribution in [3.63, 3.8) is 0 Å². The van der Waals surface area contributed by atoms with Gasteiger partial charge in [0.2, 0.25) is 0 Å². The summed E-state index contributed by atoms with van der Waals surface area (Å²) in [6, 6.07) is 6.04. The molecule has 1 aliphatic rings. The van der Waals surface area contributed by atoms with E-state index in [0.29, 0.717) is 25.2 Å². The summed E-state index contributed by atoms with van der Waals surface area (Å²) < 4.78 is 16.6. The van der Waals surface area contributed by atoms with E-state index in [0.717, 1.165) is 29.9 Å². The molecule has 1 atom stereocenters. The van der Waals surface area contributed by atoms with Gasteiger partial charge >= 0.3 is 0 Å². The van der Waals surface area contributed by atoms with Crippen molar-refractivity contribution in [3.8, 4) is 11.5 Å². The summed E-state index contributed by atoms with van der Waals surface area (Å²) in [7, 11) is 3.32. The minimum atomic E-state index is 0.121. The molecule has 24 heavy (non-hydrogen) atoms. The van der Waals surface area contributed by atoms with Gasteiger partial charge in [0.1, 0.15) is 0 Å². The van der Waals surface area contributed by atoms with Crippen molar-refractivity contribution in [1.82, 2.24) is 5.32 Å². The number of guanidine groups is 1. The second-order valence-electron chi connectivity index (χ2n) is 6.21. The van der Waals surface area contributed by atoms with E-state index in [9.17, 15) is 0 Å². The molecular formula is C18H29N3O3. The van der Waals surface area contributed by atoms with Crippen LogP contribution < -0.4 is 20.5 Å². The molecule has 1 aromatic rings. The molecule has 0 aromatic heterocycles. The number of aliphatic imine (C=N–C) groups is 1. The molecule has 2 rings (SSSR count). The average molecular weight is 335 g/mol. The lowest BCUT2D eigenvalue weighted by Gasteiger charge is -2.16. The third-order valence-electron chi connectivity index (χ3n) is 4.07. The van der Waals surface area contributed by atoms with E-state index in [2.05, 4.69) is 10.3 Å². The third-order valence-corrected chi connectivity index (χ3v) is 4.07. The summed E-state index contributed by atoms with van der Waals surface area (Å²) in [4.78, 5) is 4.36. The van der Waals surface area contributed by atoms with Crippen LogP contribution in [0, 0.1) is 0 Å². The van der Waals surface area contributed by atoms with Crippen LogP contribution >= 0.6 is 0 Å². The SMILES string of the molecule is COCC(C)NC(N)=NCc1ccc(OC2CCCC2)c(OC)c1. The van der Waals surface area contributed by atoms with E-state index < -0.39 is 0 Å². The molecule has 0 saturated heterocycles. The van der Waals surface area contributed by atoms with Gasteiger partial charge < -0.3 is 25.3 Å². The minimum Gasteiger partial charge on any atom is -0.493 e. The van der Waals surface area contributed by atoms with Crippen LogP contribution in [0.4, 0.5) is 0 Å². The zero-order valence-corrected chi connectivity index (χ0v) is 14.9. The fraction of sp³-hybridized carbons (Fsp3) is 0.611. The van der Waals surface area contributed by atoms with E-state index >= 15 is 0 Å². The largest absolute Gasteiger partial charge is 0.493 e. The fourth-order valence-electron chi connectivity index (χ4n) is 2.86. The van der Waals surface area contributed by atoms with Gasteiger partial charge in [0, 0.05) is 13.2 Å². The number of methoxy groups -OCH3 is 2. The standard InChI is InChI=1S/C18H29N3O3/c1-13(12-22-2)21-18(19)20-11-14-8-9-16(17(10-14)23-3)24-15-6-4-5-7-15/h8-10,13,15H,4-7,11-12H2,1-3H3,(H3,19,20,21). The van der Waals surface area contributed by atoms with E-state index in [1.54, 1.807) is 14.2 Å². The fourth-order valence-corrected chi connectivity index (χ4v) is 2.86. The maximum absolute atomic E-state index is 6.05. The highest BCUT2D eigenvalue weighted by molar-refractivity contribution is 5.78. The maximum Gasteiger partial charge on any atom is 0.189 e. The number of nitrogens with one attached hydrogen (secondary N) is 1. The highest BCUT2D eigenvalue weighted by Crippen LogP contribution is 2.32. The second kappa shape index (κ2) is 9.37. The number of benzene rings is 1. The first kappa shape index (κ1) is 18.4. The molecule has 0 spiro atoms. The van der Waals surface area contributed by atoms with Crippen LogP contribution in [-0.4, -0.2) is 38.9 Å². The van der Waals surface area contributed by atoms with Crippen LogP contribution in [0.1, 0.15) is 38.2 Å². The van der Waals surface area contributed by atoms with Gasteiger partial charge in [-0.25, -0.2) is 4.99 Å². The van der Waals surface area contributed by atoms with Crippen LogP contribution in [0.2, 0.25) is 0 Å². The zero-order valence-electron chi connectivity index (χ0n) is 14.9. The molecule has 1 aromatic carbocycles. The lowest BCUT2D eigenvalue weighted by Crippen LogP contribution is -2.40. The normalized spacial score (nSPS) is 16.9. The van der Waals surface area contributed by atoms with Gasteiger partial charge in [-0.2, -0.15) is 0 Å². The van der Waals surface area contributed by atoms with Crippen molar-refractivity contribution in [3.05, 3.63) is 23.8 Å². The molecule has 1 saturated carbocycles. The Morgan fingerprint density at radius 2 is 2.04 bits per heavy atom. The van der Waals surface area contributed by atoms with Crippen molar-refractivity contribution in [2.75, 3.05) is 20.8 Å². The third kappa shape index (κ3) is 5.60. The number of rotatable bonds is 8. The summed E-state index contributed by atoms with van der Waals surface area (Å²) in [6.45, 7) is 3.06. The lowest BCUT2D eigenvalue weighted by atomic mass is 10.2. The second-order valence-corrected chi connectivity index (χ2v) is 6.21. The molecule has 0 amide bonds. The molecule has 0 aliphatic heterocycles. The molecule has 1 unspecified atom stereocenters. The van der Waals surface area contributed by atoms with Crippen LogP contribution in [0.25, 0.3) is 0 Å². The summed E-state index contributed by atoms with van der Waals surface area (Å²) in [5.41, 5.74) is 6.91. The monoisotopic (exact) mass is 335 g/mol. The Labute approximate surface area is 144 Å². The Bertz CT molecular complexity index is 542. The lowest BCUT2D eigenvalue weighted by molar-refractivity contribution is 0.179.